The zero-order chi connectivity index (χ0) is 16.2. The van der Waals surface area contributed by atoms with E-state index in [-0.39, 0.29) is 12.0 Å². The molecule has 1 saturated heterocycles. The van der Waals surface area contributed by atoms with Gasteiger partial charge in [0.2, 0.25) is 5.91 Å². The molecule has 0 aliphatic carbocycles. The summed E-state index contributed by atoms with van der Waals surface area (Å²) in [7, 11) is 0. The fraction of sp³-hybridized carbons (Fsp3) is 0.389. The first kappa shape index (κ1) is 16.2. The molecule has 1 aromatic carbocycles. The molecule has 2 heterocycles. The summed E-state index contributed by atoms with van der Waals surface area (Å²) >= 11 is 1.58. The van der Waals surface area contributed by atoms with Gasteiger partial charge in [0.15, 0.2) is 0 Å². The molecule has 2 aromatic rings. The van der Waals surface area contributed by atoms with Gasteiger partial charge in [-0.1, -0.05) is 30.3 Å². The highest BCUT2D eigenvalue weighted by atomic mass is 32.1. The number of benzene rings is 1. The zero-order valence-corrected chi connectivity index (χ0v) is 13.8. The number of nitrogens with zero attached hydrogens (tertiary/aromatic N) is 1. The molecule has 122 valence electrons. The molecule has 3 rings (SSSR count). The summed E-state index contributed by atoms with van der Waals surface area (Å²) in [5, 5.41) is 12.3. The Hall–Kier alpha value is -1.69. The molecule has 0 spiro atoms. The van der Waals surface area contributed by atoms with Crippen LogP contribution >= 0.6 is 11.3 Å². The van der Waals surface area contributed by atoms with Crippen LogP contribution in [-0.4, -0.2) is 29.0 Å². The molecular formula is C18H22N2O2S. The number of nitrogens with two attached hydrogens (primary N) is 1. The molecule has 1 aliphatic rings. The Labute approximate surface area is 140 Å². The van der Waals surface area contributed by atoms with E-state index in [1.165, 1.54) is 4.88 Å². The molecule has 4 nitrogen and oxygen atoms in total. The Morgan fingerprint density at radius 3 is 2.61 bits per heavy atom. The van der Waals surface area contributed by atoms with E-state index < -0.39 is 0 Å². The van der Waals surface area contributed by atoms with Crippen molar-refractivity contribution < 1.29 is 9.90 Å². The maximum absolute atomic E-state index is 11.1. The van der Waals surface area contributed by atoms with Crippen LogP contribution in [0.2, 0.25) is 0 Å². The molecular weight excluding hydrogens is 308 g/mol. The van der Waals surface area contributed by atoms with Crippen molar-refractivity contribution in [3.05, 3.63) is 57.8 Å². The molecule has 5 heteroatoms. The summed E-state index contributed by atoms with van der Waals surface area (Å²) in [5.41, 5.74) is 6.90. The van der Waals surface area contributed by atoms with Crippen molar-refractivity contribution in [3.63, 3.8) is 0 Å². The number of piperidine rings is 1. The average Bonchev–Trinajstić information content (AvgIpc) is 3.04. The second-order valence-corrected chi connectivity index (χ2v) is 7.13. The van der Waals surface area contributed by atoms with Crippen molar-refractivity contribution in [1.29, 1.82) is 0 Å². The highest BCUT2D eigenvalue weighted by Crippen LogP contribution is 2.31. The summed E-state index contributed by atoms with van der Waals surface area (Å²) in [6, 6.07) is 11.8. The lowest BCUT2D eigenvalue weighted by molar-refractivity contribution is 0.0570. The van der Waals surface area contributed by atoms with Crippen LogP contribution in [0.15, 0.2) is 41.8 Å². The Balaban J connectivity index is 1.53. The molecule has 1 atom stereocenters. The number of rotatable bonds is 5. The lowest BCUT2D eigenvalue weighted by Gasteiger charge is -2.34. The van der Waals surface area contributed by atoms with Gasteiger partial charge in [-0.05, 0) is 43.5 Å². The molecule has 1 fully saturated rings. The van der Waals surface area contributed by atoms with Crippen molar-refractivity contribution in [1.82, 2.24) is 4.90 Å². The fourth-order valence-electron chi connectivity index (χ4n) is 3.16. The summed E-state index contributed by atoms with van der Waals surface area (Å²) in [6.45, 7) is 2.79. The van der Waals surface area contributed by atoms with Crippen LogP contribution < -0.4 is 5.73 Å². The number of hydrogen-bond donors (Lipinski definition) is 2. The predicted molar refractivity (Wildman–Crippen MR) is 92.2 cm³/mol. The van der Waals surface area contributed by atoms with Crippen molar-refractivity contribution in [3.8, 4) is 0 Å². The molecule has 1 aliphatic heterocycles. The minimum atomic E-state index is -0.374. The van der Waals surface area contributed by atoms with Gasteiger partial charge < -0.3 is 10.8 Å². The van der Waals surface area contributed by atoms with Crippen molar-refractivity contribution in [2.75, 3.05) is 13.1 Å². The molecule has 1 aromatic heterocycles. The Morgan fingerprint density at radius 1 is 1.30 bits per heavy atom. The second kappa shape index (κ2) is 7.25. The van der Waals surface area contributed by atoms with Crippen LogP contribution in [0.4, 0.5) is 0 Å². The lowest BCUT2D eigenvalue weighted by atomic mass is 9.87. The predicted octanol–water partition coefficient (Wildman–Crippen LogP) is 2.79. The minimum absolute atomic E-state index is 0.318. The van der Waals surface area contributed by atoms with Crippen LogP contribution in [0.25, 0.3) is 0 Å². The van der Waals surface area contributed by atoms with E-state index in [0.29, 0.717) is 11.5 Å². The van der Waals surface area contributed by atoms with E-state index in [4.69, 9.17) is 5.73 Å². The molecule has 1 unspecified atom stereocenters. The van der Waals surface area contributed by atoms with E-state index in [9.17, 15) is 9.90 Å². The summed E-state index contributed by atoms with van der Waals surface area (Å²) in [4.78, 5) is 14.7. The van der Waals surface area contributed by atoms with Gasteiger partial charge in [-0.3, -0.25) is 9.69 Å². The van der Waals surface area contributed by atoms with Gasteiger partial charge in [0.1, 0.15) is 0 Å². The summed E-state index contributed by atoms with van der Waals surface area (Å²) in [5.74, 6) is -0.0460. The smallest absolute Gasteiger partial charge is 0.249 e. The third-order valence-corrected chi connectivity index (χ3v) is 5.46. The van der Waals surface area contributed by atoms with Crippen LogP contribution in [-0.2, 0) is 6.54 Å². The largest absolute Gasteiger partial charge is 0.388 e. The quantitative estimate of drug-likeness (QED) is 0.886. The third-order valence-electron chi connectivity index (χ3n) is 4.54. The Morgan fingerprint density at radius 2 is 2.00 bits per heavy atom. The van der Waals surface area contributed by atoms with Crippen LogP contribution in [0.5, 0.6) is 0 Å². The van der Waals surface area contributed by atoms with Gasteiger partial charge >= 0.3 is 0 Å². The maximum atomic E-state index is 11.1. The first-order valence-corrected chi connectivity index (χ1v) is 8.84. The first-order chi connectivity index (χ1) is 11.1. The Bertz CT molecular complexity index is 648. The lowest BCUT2D eigenvalue weighted by Crippen LogP contribution is -2.35. The average molecular weight is 330 g/mol. The third kappa shape index (κ3) is 3.99. The molecule has 0 radical (unpaired) electrons. The molecule has 3 N–H and O–H groups in total. The topological polar surface area (TPSA) is 66.6 Å². The molecule has 0 bridgehead atoms. The van der Waals surface area contributed by atoms with Crippen LogP contribution in [0.1, 0.15) is 39.7 Å². The van der Waals surface area contributed by atoms with Gasteiger partial charge in [-0.15, -0.1) is 11.3 Å². The van der Waals surface area contributed by atoms with Gasteiger partial charge in [-0.25, -0.2) is 0 Å². The highest BCUT2D eigenvalue weighted by molar-refractivity contribution is 7.10. The molecule has 23 heavy (non-hydrogen) atoms. The molecule has 1 amide bonds. The standard InChI is InChI=1S/C18H22N2O2S/c19-18(22)15-10-16(23-12-15)11-20-8-6-14(7-9-20)17(21)13-4-2-1-3-5-13/h1-5,10,12,14,17,21H,6-9,11H2,(H2,19,22). The van der Waals surface area contributed by atoms with Crippen molar-refractivity contribution in [2.24, 2.45) is 11.7 Å². The van der Waals surface area contributed by atoms with Crippen LogP contribution in [0, 0.1) is 5.92 Å². The van der Waals surface area contributed by atoms with Crippen LogP contribution in [0.3, 0.4) is 0 Å². The second-order valence-electron chi connectivity index (χ2n) is 6.14. The number of aliphatic hydroxyl groups is 1. The summed E-state index contributed by atoms with van der Waals surface area (Å²) < 4.78 is 0. The molecule has 0 saturated carbocycles. The SMILES string of the molecule is NC(=O)c1csc(CN2CCC(C(O)c3ccccc3)CC2)c1. The van der Waals surface area contributed by atoms with Gasteiger partial charge in [0.25, 0.3) is 0 Å². The number of primary amides is 1. The fourth-order valence-corrected chi connectivity index (χ4v) is 4.08. The van der Waals surface area contributed by atoms with Crippen molar-refractivity contribution >= 4 is 17.2 Å². The number of likely N-dealkylation sites (tertiary alicyclic amines) is 1. The van der Waals surface area contributed by atoms with Gasteiger partial charge in [0.05, 0.1) is 11.7 Å². The first-order valence-electron chi connectivity index (χ1n) is 7.96. The van der Waals surface area contributed by atoms with E-state index >= 15 is 0 Å². The van der Waals surface area contributed by atoms with E-state index in [1.807, 2.05) is 41.8 Å². The monoisotopic (exact) mass is 330 g/mol. The van der Waals surface area contributed by atoms with Crippen molar-refractivity contribution in [2.45, 2.75) is 25.5 Å². The van der Waals surface area contributed by atoms with E-state index in [2.05, 4.69) is 4.90 Å². The Kier molecular flexibility index (Phi) is 5.10. The number of aliphatic hydroxyl groups excluding tert-OH is 1. The minimum Gasteiger partial charge on any atom is -0.388 e. The number of carbonyl (C=O) groups is 1. The number of amides is 1. The number of thiophene rings is 1. The summed E-state index contributed by atoms with van der Waals surface area (Å²) in [6.07, 6.45) is 1.61. The number of carbonyl (C=O) groups excluding carboxylic acids is 1. The zero-order valence-electron chi connectivity index (χ0n) is 13.0. The van der Waals surface area contributed by atoms with E-state index in [1.54, 1.807) is 11.3 Å². The van der Waals surface area contributed by atoms with Gasteiger partial charge in [0, 0.05) is 16.8 Å². The van der Waals surface area contributed by atoms with Gasteiger partial charge in [-0.2, -0.15) is 0 Å². The normalized spacial score (nSPS) is 18.0. The number of hydrogen-bond acceptors (Lipinski definition) is 4. The van der Waals surface area contributed by atoms with E-state index in [0.717, 1.165) is 38.0 Å². The maximum Gasteiger partial charge on any atom is 0.249 e. The highest BCUT2D eigenvalue weighted by Gasteiger charge is 2.26.